The normalized spacial score (nSPS) is 19.8. The zero-order chi connectivity index (χ0) is 19.0. The molecule has 8 heteroatoms. The molecule has 1 aromatic carbocycles. The Bertz CT molecular complexity index is 627. The van der Waals surface area contributed by atoms with Crippen LogP contribution in [0.3, 0.4) is 0 Å². The SMILES string of the molecule is CCOC(=O)CC(B1OC(C)(C)C(C)(C)O1)c1c(F)cc(Cl)cc1F. The quantitative estimate of drug-likeness (QED) is 0.570. The molecular weight excluding hydrogens is 352 g/mol. The van der Waals surface area contributed by atoms with E-state index in [1.54, 1.807) is 6.92 Å². The van der Waals surface area contributed by atoms with Gasteiger partial charge in [0.2, 0.25) is 0 Å². The van der Waals surface area contributed by atoms with Crippen LogP contribution in [0.15, 0.2) is 12.1 Å². The molecule has 0 spiro atoms. The van der Waals surface area contributed by atoms with Crippen LogP contribution in [0, 0.1) is 11.6 Å². The first kappa shape index (κ1) is 20.1. The number of rotatable bonds is 5. The van der Waals surface area contributed by atoms with Crippen LogP contribution in [-0.4, -0.2) is 30.9 Å². The number of carbonyl (C=O) groups is 1. The van der Waals surface area contributed by atoms with Crippen molar-refractivity contribution in [3.8, 4) is 0 Å². The Labute approximate surface area is 151 Å². The molecular formula is C17H22BClF2O4. The predicted molar refractivity (Wildman–Crippen MR) is 91.4 cm³/mol. The molecule has 0 N–H and O–H groups in total. The standard InChI is InChI=1S/C17H22BClF2O4/c1-6-23-14(22)9-11(15-12(20)7-10(19)8-13(15)21)18-24-16(2,3)17(4,5)25-18/h7-8,11H,6,9H2,1-5H3. The topological polar surface area (TPSA) is 44.8 Å². The first-order valence-corrected chi connectivity index (χ1v) is 8.52. The first-order chi connectivity index (χ1) is 11.5. The second-order valence-electron chi connectivity index (χ2n) is 7.02. The lowest BCUT2D eigenvalue weighted by Crippen LogP contribution is -2.41. The molecule has 0 radical (unpaired) electrons. The molecule has 1 aliphatic rings. The molecule has 25 heavy (non-hydrogen) atoms. The van der Waals surface area contributed by atoms with Crippen molar-refractivity contribution in [1.29, 1.82) is 0 Å². The number of hydrogen-bond donors (Lipinski definition) is 0. The molecule has 0 saturated carbocycles. The van der Waals surface area contributed by atoms with Crippen LogP contribution in [0.1, 0.15) is 52.4 Å². The molecule has 1 heterocycles. The van der Waals surface area contributed by atoms with Crippen molar-refractivity contribution < 1.29 is 27.6 Å². The molecule has 1 saturated heterocycles. The number of esters is 1. The van der Waals surface area contributed by atoms with Crippen LogP contribution in [0.2, 0.25) is 5.02 Å². The van der Waals surface area contributed by atoms with Gasteiger partial charge in [-0.05, 0) is 46.8 Å². The van der Waals surface area contributed by atoms with Gasteiger partial charge in [0, 0.05) is 16.4 Å². The Morgan fingerprint density at radius 3 is 2.12 bits per heavy atom. The highest BCUT2D eigenvalue weighted by atomic mass is 35.5. The number of carbonyl (C=O) groups excluding carboxylic acids is 1. The van der Waals surface area contributed by atoms with E-state index in [9.17, 15) is 13.6 Å². The maximum absolute atomic E-state index is 14.4. The summed E-state index contributed by atoms with van der Waals surface area (Å²) in [6, 6.07) is 2.01. The molecule has 0 aliphatic carbocycles. The average Bonchev–Trinajstić information content (AvgIpc) is 2.65. The van der Waals surface area contributed by atoms with E-state index >= 15 is 0 Å². The van der Waals surface area contributed by atoms with Crippen molar-refractivity contribution in [3.63, 3.8) is 0 Å². The fourth-order valence-corrected chi connectivity index (χ4v) is 2.89. The van der Waals surface area contributed by atoms with E-state index in [0.29, 0.717) is 0 Å². The Morgan fingerprint density at radius 2 is 1.68 bits per heavy atom. The smallest absolute Gasteiger partial charge is 0.466 e. The lowest BCUT2D eigenvalue weighted by molar-refractivity contribution is -0.143. The number of ether oxygens (including phenoxy) is 1. The van der Waals surface area contributed by atoms with Gasteiger partial charge in [0.25, 0.3) is 0 Å². The molecule has 4 nitrogen and oxygen atoms in total. The summed E-state index contributed by atoms with van der Waals surface area (Å²) >= 11 is 5.70. The third-order valence-corrected chi connectivity index (χ3v) is 4.92. The number of benzene rings is 1. The molecule has 1 aromatic rings. The lowest BCUT2D eigenvalue weighted by atomic mass is 9.66. The van der Waals surface area contributed by atoms with Gasteiger partial charge in [0.1, 0.15) is 11.6 Å². The minimum Gasteiger partial charge on any atom is -0.466 e. The van der Waals surface area contributed by atoms with Crippen LogP contribution >= 0.6 is 11.6 Å². The summed E-state index contributed by atoms with van der Waals surface area (Å²) in [6.45, 7) is 9.11. The second kappa shape index (κ2) is 7.21. The van der Waals surface area contributed by atoms with E-state index in [0.717, 1.165) is 12.1 Å². The highest BCUT2D eigenvalue weighted by Gasteiger charge is 2.55. The Kier molecular flexibility index (Phi) is 5.81. The number of halogens is 3. The largest absolute Gasteiger partial charge is 0.466 e. The minimum atomic E-state index is -1.00. The van der Waals surface area contributed by atoms with E-state index in [4.69, 9.17) is 25.6 Å². The third-order valence-electron chi connectivity index (χ3n) is 4.71. The van der Waals surface area contributed by atoms with Gasteiger partial charge in [0.15, 0.2) is 0 Å². The second-order valence-corrected chi connectivity index (χ2v) is 7.46. The first-order valence-electron chi connectivity index (χ1n) is 8.14. The van der Waals surface area contributed by atoms with Gasteiger partial charge in [-0.25, -0.2) is 8.78 Å². The van der Waals surface area contributed by atoms with E-state index in [-0.39, 0.29) is 23.6 Å². The van der Waals surface area contributed by atoms with Crippen molar-refractivity contribution in [1.82, 2.24) is 0 Å². The van der Waals surface area contributed by atoms with E-state index in [1.165, 1.54) is 0 Å². The average molecular weight is 375 g/mol. The van der Waals surface area contributed by atoms with Crippen LogP contribution in [0.25, 0.3) is 0 Å². The Morgan fingerprint density at radius 1 is 1.20 bits per heavy atom. The van der Waals surface area contributed by atoms with Crippen LogP contribution in [0.4, 0.5) is 8.78 Å². The zero-order valence-electron chi connectivity index (χ0n) is 15.0. The van der Waals surface area contributed by atoms with Crippen molar-refractivity contribution in [2.24, 2.45) is 0 Å². The van der Waals surface area contributed by atoms with E-state index in [2.05, 4.69) is 0 Å². The van der Waals surface area contributed by atoms with E-state index < -0.39 is 41.7 Å². The third kappa shape index (κ3) is 4.15. The predicted octanol–water partition coefficient (Wildman–Crippen LogP) is 4.29. The van der Waals surface area contributed by atoms with Crippen LogP contribution in [-0.2, 0) is 18.8 Å². The highest BCUT2D eigenvalue weighted by molar-refractivity contribution is 6.48. The van der Waals surface area contributed by atoms with Crippen molar-refractivity contribution in [3.05, 3.63) is 34.4 Å². The molecule has 0 amide bonds. The summed E-state index contributed by atoms with van der Waals surface area (Å²) in [5, 5.41) is -0.0671. The molecule has 2 rings (SSSR count). The molecule has 1 fully saturated rings. The Hall–Kier alpha value is -1.18. The zero-order valence-corrected chi connectivity index (χ0v) is 15.7. The van der Waals surface area contributed by atoms with E-state index in [1.807, 2.05) is 27.7 Å². The molecule has 138 valence electrons. The molecule has 1 aliphatic heterocycles. The van der Waals surface area contributed by atoms with Gasteiger partial charge in [0.05, 0.1) is 24.2 Å². The maximum Gasteiger partial charge on any atom is 0.466 e. The summed E-state index contributed by atoms with van der Waals surface area (Å²) in [7, 11) is -1.00. The highest BCUT2D eigenvalue weighted by Crippen LogP contribution is 2.43. The maximum atomic E-state index is 14.4. The van der Waals surface area contributed by atoms with Crippen molar-refractivity contribution in [2.75, 3.05) is 6.61 Å². The monoisotopic (exact) mass is 374 g/mol. The molecule has 0 bridgehead atoms. The molecule has 1 unspecified atom stereocenters. The molecule has 1 atom stereocenters. The van der Waals surface area contributed by atoms with Gasteiger partial charge < -0.3 is 14.0 Å². The molecule has 0 aromatic heterocycles. The lowest BCUT2D eigenvalue weighted by Gasteiger charge is -2.32. The van der Waals surface area contributed by atoms with Gasteiger partial charge in [-0.3, -0.25) is 4.79 Å². The van der Waals surface area contributed by atoms with Gasteiger partial charge >= 0.3 is 13.1 Å². The van der Waals surface area contributed by atoms with Crippen LogP contribution < -0.4 is 0 Å². The minimum absolute atomic E-state index is 0.0671. The van der Waals surface area contributed by atoms with Gasteiger partial charge in [-0.2, -0.15) is 0 Å². The van der Waals surface area contributed by atoms with Crippen LogP contribution in [0.5, 0.6) is 0 Å². The summed E-state index contributed by atoms with van der Waals surface area (Å²) in [5.41, 5.74) is -1.70. The van der Waals surface area contributed by atoms with Crippen molar-refractivity contribution in [2.45, 2.75) is 58.1 Å². The van der Waals surface area contributed by atoms with Gasteiger partial charge in [-0.1, -0.05) is 11.6 Å². The summed E-state index contributed by atoms with van der Waals surface area (Å²) in [5.74, 6) is -3.30. The Balaban J connectivity index is 2.44. The number of hydrogen-bond acceptors (Lipinski definition) is 4. The summed E-state index contributed by atoms with van der Waals surface area (Å²) in [6.07, 6.45) is -0.278. The van der Waals surface area contributed by atoms with Gasteiger partial charge in [-0.15, -0.1) is 0 Å². The van der Waals surface area contributed by atoms with Crippen molar-refractivity contribution >= 4 is 24.7 Å². The fraction of sp³-hybridized carbons (Fsp3) is 0.588. The fourth-order valence-electron chi connectivity index (χ4n) is 2.69. The summed E-state index contributed by atoms with van der Waals surface area (Å²) in [4.78, 5) is 12.0. The summed E-state index contributed by atoms with van der Waals surface area (Å²) < 4.78 is 45.6.